The van der Waals surface area contributed by atoms with Crippen molar-refractivity contribution >= 4 is 5.91 Å². The number of nitrogens with zero attached hydrogens (tertiary/aromatic N) is 3. The lowest BCUT2D eigenvalue weighted by Crippen LogP contribution is -2.35. The number of aromatic nitrogens is 2. The van der Waals surface area contributed by atoms with Gasteiger partial charge in [0.15, 0.2) is 5.82 Å². The molecule has 0 aliphatic carbocycles. The summed E-state index contributed by atoms with van der Waals surface area (Å²) in [5.74, 6) is 1.81. The number of fused-ring (bicyclic) bond motifs is 1. The third kappa shape index (κ3) is 2.06. The van der Waals surface area contributed by atoms with Crippen molar-refractivity contribution in [2.45, 2.75) is 31.7 Å². The van der Waals surface area contributed by atoms with Crippen molar-refractivity contribution in [3.05, 3.63) is 41.5 Å². The van der Waals surface area contributed by atoms with Gasteiger partial charge < -0.3 is 14.2 Å². The number of hydrogen-bond donors (Lipinski definition) is 0. The average Bonchev–Trinajstić information content (AvgIpc) is 3.25. The first kappa shape index (κ1) is 13.3. The fourth-order valence-corrected chi connectivity index (χ4v) is 3.32. The van der Waals surface area contributed by atoms with Crippen LogP contribution in [0, 0.1) is 6.92 Å². The highest BCUT2D eigenvalue weighted by molar-refractivity contribution is 5.86. The lowest BCUT2D eigenvalue weighted by molar-refractivity contribution is -0.134. The summed E-state index contributed by atoms with van der Waals surface area (Å²) in [6, 6.07) is 7.66. The predicted octanol–water partition coefficient (Wildman–Crippen LogP) is 2.22. The van der Waals surface area contributed by atoms with E-state index in [1.54, 1.807) is 6.92 Å². The molecule has 0 unspecified atom stereocenters. The third-order valence-corrected chi connectivity index (χ3v) is 4.38. The van der Waals surface area contributed by atoms with E-state index < -0.39 is 0 Å². The maximum atomic E-state index is 13.0. The molecular weight excluding hydrogens is 282 g/mol. The van der Waals surface area contributed by atoms with Crippen LogP contribution in [0.25, 0.3) is 0 Å². The molecule has 0 spiro atoms. The third-order valence-electron chi connectivity index (χ3n) is 4.38. The molecule has 6 heteroatoms. The minimum atomic E-state index is -0.232. The van der Waals surface area contributed by atoms with E-state index in [0.29, 0.717) is 18.3 Å². The van der Waals surface area contributed by atoms with E-state index in [0.717, 1.165) is 30.7 Å². The van der Waals surface area contributed by atoms with Crippen molar-refractivity contribution in [1.82, 2.24) is 15.0 Å². The Morgan fingerprint density at radius 1 is 1.36 bits per heavy atom. The smallest absolute Gasteiger partial charge is 0.234 e. The summed E-state index contributed by atoms with van der Waals surface area (Å²) in [6.45, 7) is 2.90. The first-order chi connectivity index (χ1) is 10.7. The summed E-state index contributed by atoms with van der Waals surface area (Å²) in [6.07, 6.45) is 1.83. The van der Waals surface area contributed by atoms with Crippen molar-refractivity contribution in [2.24, 2.45) is 0 Å². The van der Waals surface area contributed by atoms with Crippen LogP contribution in [0.3, 0.4) is 0 Å². The summed E-state index contributed by atoms with van der Waals surface area (Å²) in [4.78, 5) is 19.1. The molecule has 2 aromatic rings. The van der Waals surface area contributed by atoms with Crippen LogP contribution in [0.2, 0.25) is 0 Å². The molecule has 1 aromatic carbocycles. The maximum Gasteiger partial charge on any atom is 0.234 e. The van der Waals surface area contributed by atoms with Crippen molar-refractivity contribution in [3.8, 4) is 5.75 Å². The average molecular weight is 299 g/mol. The molecule has 2 atom stereocenters. The molecule has 114 valence electrons. The normalized spacial score (nSPS) is 23.4. The topological polar surface area (TPSA) is 68.5 Å². The summed E-state index contributed by atoms with van der Waals surface area (Å²) >= 11 is 0. The van der Waals surface area contributed by atoms with Crippen LogP contribution in [-0.2, 0) is 4.79 Å². The van der Waals surface area contributed by atoms with E-state index in [-0.39, 0.29) is 17.9 Å². The predicted molar refractivity (Wildman–Crippen MR) is 77.4 cm³/mol. The second-order valence-corrected chi connectivity index (χ2v) is 5.76. The summed E-state index contributed by atoms with van der Waals surface area (Å²) in [7, 11) is 0. The van der Waals surface area contributed by atoms with Crippen molar-refractivity contribution in [3.63, 3.8) is 0 Å². The van der Waals surface area contributed by atoms with E-state index in [1.807, 2.05) is 29.2 Å². The van der Waals surface area contributed by atoms with E-state index in [1.165, 1.54) is 0 Å². The number of hydrogen-bond acceptors (Lipinski definition) is 5. The van der Waals surface area contributed by atoms with Gasteiger partial charge in [-0.3, -0.25) is 4.79 Å². The second-order valence-electron chi connectivity index (χ2n) is 5.76. The Kier molecular flexibility index (Phi) is 3.10. The Hall–Kier alpha value is -2.37. The highest BCUT2D eigenvalue weighted by Gasteiger charge is 2.39. The molecule has 0 saturated carbocycles. The molecule has 1 aromatic heterocycles. The van der Waals surface area contributed by atoms with Crippen molar-refractivity contribution in [1.29, 1.82) is 0 Å². The largest absolute Gasteiger partial charge is 0.492 e. The van der Waals surface area contributed by atoms with Gasteiger partial charge in [-0.25, -0.2) is 0 Å². The lowest BCUT2D eigenvalue weighted by Gasteiger charge is -2.25. The van der Waals surface area contributed by atoms with Crippen LogP contribution in [0.15, 0.2) is 28.8 Å². The van der Waals surface area contributed by atoms with E-state index >= 15 is 0 Å². The molecular formula is C16H17N3O3. The molecule has 2 aliphatic heterocycles. The van der Waals surface area contributed by atoms with Gasteiger partial charge in [-0.2, -0.15) is 4.98 Å². The zero-order chi connectivity index (χ0) is 15.1. The number of benzene rings is 1. The number of carbonyl (C=O) groups is 1. The number of likely N-dealkylation sites (tertiary alicyclic amines) is 1. The van der Waals surface area contributed by atoms with Gasteiger partial charge in [-0.1, -0.05) is 23.4 Å². The number of para-hydroxylation sites is 1. The summed E-state index contributed by atoms with van der Waals surface area (Å²) in [5, 5.41) is 3.99. The van der Waals surface area contributed by atoms with E-state index in [2.05, 4.69) is 10.1 Å². The minimum absolute atomic E-state index is 0.0855. The fraction of sp³-hybridized carbons (Fsp3) is 0.438. The van der Waals surface area contributed by atoms with Crippen LogP contribution in [-0.4, -0.2) is 34.1 Å². The Labute approximate surface area is 128 Å². The van der Waals surface area contributed by atoms with Crippen LogP contribution < -0.4 is 4.74 Å². The number of rotatable bonds is 2. The van der Waals surface area contributed by atoms with Gasteiger partial charge in [0.1, 0.15) is 18.3 Å². The standard InChI is InChI=1S/C16H17N3O3/c1-10-17-15(18-22-10)13-6-4-8-19(13)16(20)12-9-21-14-7-3-2-5-11(12)14/h2-3,5,7,12-13H,4,6,8-9H2,1H3/t12-,13+/m0/s1. The monoisotopic (exact) mass is 299 g/mol. The number of amides is 1. The first-order valence-electron chi connectivity index (χ1n) is 7.56. The Balaban J connectivity index is 1.60. The van der Waals surface area contributed by atoms with E-state index in [4.69, 9.17) is 9.26 Å². The van der Waals surface area contributed by atoms with Gasteiger partial charge in [0, 0.05) is 19.0 Å². The van der Waals surface area contributed by atoms with Gasteiger partial charge in [0.25, 0.3) is 0 Å². The summed E-state index contributed by atoms with van der Waals surface area (Å²) in [5.41, 5.74) is 0.974. The van der Waals surface area contributed by atoms with Gasteiger partial charge in [-0.15, -0.1) is 0 Å². The molecule has 22 heavy (non-hydrogen) atoms. The van der Waals surface area contributed by atoms with Crippen LogP contribution in [0.1, 0.15) is 42.1 Å². The van der Waals surface area contributed by atoms with Crippen molar-refractivity contribution < 1.29 is 14.1 Å². The molecule has 3 heterocycles. The maximum absolute atomic E-state index is 13.0. The van der Waals surface area contributed by atoms with E-state index in [9.17, 15) is 4.79 Å². The fourth-order valence-electron chi connectivity index (χ4n) is 3.32. The second kappa shape index (κ2) is 5.12. The molecule has 0 bridgehead atoms. The SMILES string of the molecule is Cc1nc([C@H]2CCCN2C(=O)[C@H]2COc3ccccc32)no1. The van der Waals surface area contributed by atoms with Gasteiger partial charge in [0.2, 0.25) is 11.8 Å². The highest BCUT2D eigenvalue weighted by Crippen LogP contribution is 2.38. The molecule has 1 fully saturated rings. The summed E-state index contributed by atoms with van der Waals surface area (Å²) < 4.78 is 10.7. The Morgan fingerprint density at radius 2 is 2.23 bits per heavy atom. The number of ether oxygens (including phenoxy) is 1. The van der Waals surface area contributed by atoms with Crippen LogP contribution >= 0.6 is 0 Å². The molecule has 4 rings (SSSR count). The van der Waals surface area contributed by atoms with Gasteiger partial charge in [-0.05, 0) is 18.9 Å². The van der Waals surface area contributed by atoms with Crippen molar-refractivity contribution in [2.75, 3.05) is 13.2 Å². The molecule has 1 amide bonds. The number of carbonyl (C=O) groups excluding carboxylic acids is 1. The quantitative estimate of drug-likeness (QED) is 0.850. The molecule has 1 saturated heterocycles. The molecule has 0 N–H and O–H groups in total. The minimum Gasteiger partial charge on any atom is -0.492 e. The van der Waals surface area contributed by atoms with Gasteiger partial charge >= 0.3 is 0 Å². The van der Waals surface area contributed by atoms with Crippen LogP contribution in [0.4, 0.5) is 0 Å². The first-order valence-corrected chi connectivity index (χ1v) is 7.56. The molecule has 2 aliphatic rings. The Morgan fingerprint density at radius 3 is 3.05 bits per heavy atom. The zero-order valence-electron chi connectivity index (χ0n) is 12.4. The van der Waals surface area contributed by atoms with Gasteiger partial charge in [0.05, 0.1) is 6.04 Å². The number of aryl methyl sites for hydroxylation is 1. The Bertz CT molecular complexity index is 712. The zero-order valence-corrected chi connectivity index (χ0v) is 12.4. The lowest BCUT2D eigenvalue weighted by atomic mass is 9.99. The molecule has 0 radical (unpaired) electrons. The molecule has 6 nitrogen and oxygen atoms in total. The van der Waals surface area contributed by atoms with Crippen LogP contribution in [0.5, 0.6) is 5.75 Å². The highest BCUT2D eigenvalue weighted by atomic mass is 16.5.